The molecule has 0 spiro atoms. The zero-order valence-corrected chi connectivity index (χ0v) is 15.6. The maximum absolute atomic E-state index is 2.31. The van der Waals surface area contributed by atoms with Gasteiger partial charge in [0.15, 0.2) is 0 Å². The van der Waals surface area contributed by atoms with Gasteiger partial charge in [0, 0.05) is 5.66 Å². The largest absolute Gasteiger partial charge is 0.0677 e. The van der Waals surface area contributed by atoms with E-state index in [4.69, 9.17) is 0 Å². The molecule has 2 unspecified atom stereocenters. The molecule has 2 aromatic carbocycles. The summed E-state index contributed by atoms with van der Waals surface area (Å²) in [6.45, 7) is 4.46. The summed E-state index contributed by atoms with van der Waals surface area (Å²) in [6, 6.07) is 22.2. The van der Waals surface area contributed by atoms with Crippen LogP contribution in [0.5, 0.6) is 0 Å². The van der Waals surface area contributed by atoms with E-state index in [0.717, 1.165) is 5.66 Å². The van der Waals surface area contributed by atoms with E-state index in [1.165, 1.54) is 44.7 Å². The topological polar surface area (TPSA) is 0 Å². The monoisotopic (exact) mass is 326 g/mol. The Labute approximate surface area is 144 Å². The Bertz CT molecular complexity index is 471. The minimum absolute atomic E-state index is 0.0201. The summed E-state index contributed by atoms with van der Waals surface area (Å²) >= 11 is 0. The van der Waals surface area contributed by atoms with Gasteiger partial charge in [0.1, 0.15) is 0 Å². The van der Waals surface area contributed by atoms with Crippen LogP contribution in [-0.2, 0) is 0 Å². The Morgan fingerprint density at radius 2 is 1.39 bits per heavy atom. The second kappa shape index (κ2) is 10.6. The lowest BCUT2D eigenvalue weighted by atomic mass is 10.1. The highest BCUT2D eigenvalue weighted by atomic mass is 31.1. The van der Waals surface area contributed by atoms with E-state index in [-0.39, 0.29) is 7.92 Å². The lowest BCUT2D eigenvalue weighted by molar-refractivity contribution is 0.702. The summed E-state index contributed by atoms with van der Waals surface area (Å²) in [5, 5.41) is 1.58. The summed E-state index contributed by atoms with van der Waals surface area (Å²) < 4.78 is 0. The first kappa shape index (κ1) is 18.2. The van der Waals surface area contributed by atoms with Crippen LogP contribution in [0.1, 0.15) is 63.6 Å². The van der Waals surface area contributed by atoms with Crippen LogP contribution in [0, 0.1) is 0 Å². The third-order valence-corrected chi connectivity index (χ3v) is 7.55. The van der Waals surface area contributed by atoms with E-state index in [0.29, 0.717) is 0 Å². The Morgan fingerprint density at radius 3 is 1.96 bits per heavy atom. The molecule has 0 amide bonds. The quantitative estimate of drug-likeness (QED) is 0.413. The van der Waals surface area contributed by atoms with Gasteiger partial charge in [-0.25, -0.2) is 0 Å². The molecule has 23 heavy (non-hydrogen) atoms. The Balaban J connectivity index is 0.000000277. The highest BCUT2D eigenvalue weighted by Gasteiger charge is 2.28. The van der Waals surface area contributed by atoms with Gasteiger partial charge in [-0.3, -0.25) is 0 Å². The normalized spacial score (nSPS) is 19.9. The first-order valence-corrected chi connectivity index (χ1v) is 10.8. The highest BCUT2D eigenvalue weighted by Crippen LogP contribution is 2.58. The third kappa shape index (κ3) is 5.78. The second-order valence-corrected chi connectivity index (χ2v) is 8.83. The standard InChI is InChI=1S/C16H17P.C6H14/c1-3-8-14(9-4-1)16-12-7-13-17(16)15-10-5-2-6-11-15;1-3-5-6-4-2/h1-6,8-11,16H,7,12-13H2;3-6H2,1-2H3. The maximum Gasteiger partial charge on any atom is 0.00820 e. The fourth-order valence-electron chi connectivity index (χ4n) is 3.22. The van der Waals surface area contributed by atoms with Crippen LogP contribution in [0.3, 0.4) is 0 Å². The molecule has 0 bridgehead atoms. The van der Waals surface area contributed by atoms with Gasteiger partial charge < -0.3 is 0 Å². The van der Waals surface area contributed by atoms with E-state index < -0.39 is 0 Å². The number of benzene rings is 2. The van der Waals surface area contributed by atoms with Gasteiger partial charge in [0.05, 0.1) is 0 Å². The summed E-state index contributed by atoms with van der Waals surface area (Å²) in [7, 11) is 0.0201. The Hall–Kier alpha value is -1.13. The van der Waals surface area contributed by atoms with Crippen LogP contribution >= 0.6 is 7.92 Å². The molecule has 2 aromatic rings. The molecule has 0 N–H and O–H groups in total. The van der Waals surface area contributed by atoms with Gasteiger partial charge in [-0.1, -0.05) is 108 Å². The number of hydrogen-bond acceptors (Lipinski definition) is 0. The molecule has 0 radical (unpaired) electrons. The minimum Gasteiger partial charge on any atom is -0.0677 e. The Morgan fingerprint density at radius 1 is 0.826 bits per heavy atom. The SMILES string of the molecule is CCCCCC.c1ccc(C2CCCP2c2ccccc2)cc1. The lowest BCUT2D eigenvalue weighted by Crippen LogP contribution is -2.04. The third-order valence-electron chi connectivity index (χ3n) is 4.48. The molecule has 1 heteroatoms. The van der Waals surface area contributed by atoms with Crippen LogP contribution in [-0.4, -0.2) is 6.16 Å². The van der Waals surface area contributed by atoms with Crippen molar-refractivity contribution >= 4 is 13.2 Å². The molecule has 124 valence electrons. The fraction of sp³-hybridized carbons (Fsp3) is 0.455. The molecule has 3 rings (SSSR count). The van der Waals surface area contributed by atoms with Crippen LogP contribution in [0.4, 0.5) is 0 Å². The van der Waals surface area contributed by atoms with Gasteiger partial charge >= 0.3 is 0 Å². The van der Waals surface area contributed by atoms with E-state index in [2.05, 4.69) is 74.5 Å². The van der Waals surface area contributed by atoms with Gasteiger partial charge in [-0.15, -0.1) is 0 Å². The molecular weight excluding hydrogens is 295 g/mol. The number of unbranched alkanes of at least 4 members (excludes halogenated alkanes) is 3. The number of hydrogen-bond donors (Lipinski definition) is 0. The molecule has 0 aliphatic carbocycles. The molecule has 1 aliphatic rings. The molecule has 1 aliphatic heterocycles. The average molecular weight is 326 g/mol. The van der Waals surface area contributed by atoms with Crippen molar-refractivity contribution in [1.29, 1.82) is 0 Å². The van der Waals surface area contributed by atoms with Gasteiger partial charge in [0.2, 0.25) is 0 Å². The van der Waals surface area contributed by atoms with Crippen molar-refractivity contribution < 1.29 is 0 Å². The number of rotatable bonds is 5. The summed E-state index contributed by atoms with van der Waals surface area (Å²) in [6.07, 6.45) is 9.69. The van der Waals surface area contributed by atoms with E-state index in [9.17, 15) is 0 Å². The average Bonchev–Trinajstić information content (AvgIpc) is 3.12. The predicted octanol–water partition coefficient (Wildman–Crippen LogP) is 6.92. The summed E-state index contributed by atoms with van der Waals surface area (Å²) in [4.78, 5) is 0. The minimum atomic E-state index is 0.0201. The predicted molar refractivity (Wildman–Crippen MR) is 106 cm³/mol. The zero-order chi connectivity index (χ0) is 16.3. The fourth-order valence-corrected chi connectivity index (χ4v) is 6.25. The first-order chi connectivity index (χ1) is 11.4. The molecule has 1 saturated heterocycles. The van der Waals surface area contributed by atoms with E-state index in [1.54, 1.807) is 10.9 Å². The molecule has 1 heterocycles. The highest BCUT2D eigenvalue weighted by molar-refractivity contribution is 7.66. The lowest BCUT2D eigenvalue weighted by Gasteiger charge is -2.21. The van der Waals surface area contributed by atoms with E-state index >= 15 is 0 Å². The summed E-state index contributed by atoms with van der Waals surface area (Å²) in [5.74, 6) is 0. The van der Waals surface area contributed by atoms with Crippen LogP contribution in [0.2, 0.25) is 0 Å². The van der Waals surface area contributed by atoms with Gasteiger partial charge in [-0.2, -0.15) is 0 Å². The van der Waals surface area contributed by atoms with Crippen LogP contribution in [0.15, 0.2) is 60.7 Å². The van der Waals surface area contributed by atoms with Crippen molar-refractivity contribution in [2.75, 3.05) is 6.16 Å². The smallest absolute Gasteiger partial charge is 0.00820 e. The van der Waals surface area contributed by atoms with Gasteiger partial charge in [0.25, 0.3) is 0 Å². The molecule has 0 nitrogen and oxygen atoms in total. The maximum atomic E-state index is 2.31. The Kier molecular flexibility index (Phi) is 8.40. The zero-order valence-electron chi connectivity index (χ0n) is 14.7. The van der Waals surface area contributed by atoms with Crippen molar-refractivity contribution in [3.8, 4) is 0 Å². The van der Waals surface area contributed by atoms with Crippen molar-refractivity contribution in [3.05, 3.63) is 66.2 Å². The molecule has 1 fully saturated rings. The van der Waals surface area contributed by atoms with Crippen LogP contribution in [0.25, 0.3) is 0 Å². The van der Waals surface area contributed by atoms with Gasteiger partial charge in [-0.05, 0) is 29.9 Å². The van der Waals surface area contributed by atoms with Crippen LogP contribution < -0.4 is 5.30 Å². The molecule has 0 saturated carbocycles. The molecule has 2 atom stereocenters. The second-order valence-electron chi connectivity index (χ2n) is 6.30. The van der Waals surface area contributed by atoms with Crippen molar-refractivity contribution in [2.24, 2.45) is 0 Å². The van der Waals surface area contributed by atoms with Crippen molar-refractivity contribution in [1.82, 2.24) is 0 Å². The summed E-state index contributed by atoms with van der Waals surface area (Å²) in [5.41, 5.74) is 2.33. The van der Waals surface area contributed by atoms with Crippen molar-refractivity contribution in [3.63, 3.8) is 0 Å². The molecular formula is C22H31P. The van der Waals surface area contributed by atoms with E-state index in [1.807, 2.05) is 0 Å². The first-order valence-electron chi connectivity index (χ1n) is 9.23. The van der Waals surface area contributed by atoms with Crippen molar-refractivity contribution in [2.45, 2.75) is 58.0 Å². The molecule has 0 aromatic heterocycles.